The van der Waals surface area contributed by atoms with Crippen molar-refractivity contribution < 1.29 is 23.1 Å². The van der Waals surface area contributed by atoms with E-state index >= 15 is 0 Å². The summed E-state index contributed by atoms with van der Waals surface area (Å²) in [6.07, 6.45) is 5.36. The van der Waals surface area contributed by atoms with E-state index in [9.17, 15) is 18.3 Å². The zero-order valence-corrected chi connectivity index (χ0v) is 22.0. The average Bonchev–Trinajstić information content (AvgIpc) is 3.29. The summed E-state index contributed by atoms with van der Waals surface area (Å²) in [5.74, 6) is -0.200. The SMILES string of the molecule is O=C(COCC1CCCN1S(=O)(=O)c1c(Cl)cc(Cl)cc1Cl)N1CCC(O)(c2cccnc2)CC1. The fourth-order valence-corrected chi connectivity index (χ4v) is 7.79. The summed E-state index contributed by atoms with van der Waals surface area (Å²) in [5.41, 5.74) is -0.263. The van der Waals surface area contributed by atoms with E-state index in [0.717, 1.165) is 5.56 Å². The predicted molar refractivity (Wildman–Crippen MR) is 133 cm³/mol. The van der Waals surface area contributed by atoms with E-state index in [1.54, 1.807) is 23.4 Å². The van der Waals surface area contributed by atoms with Gasteiger partial charge in [-0.25, -0.2) is 8.42 Å². The molecule has 190 valence electrons. The highest BCUT2D eigenvalue weighted by atomic mass is 35.5. The second kappa shape index (κ2) is 10.9. The van der Waals surface area contributed by atoms with Crippen molar-refractivity contribution in [2.45, 2.75) is 42.2 Å². The lowest BCUT2D eigenvalue weighted by Gasteiger charge is -2.38. The Kier molecular flexibility index (Phi) is 8.27. The van der Waals surface area contributed by atoms with Crippen molar-refractivity contribution in [3.8, 4) is 0 Å². The minimum atomic E-state index is -3.97. The molecule has 8 nitrogen and oxygen atoms in total. The van der Waals surface area contributed by atoms with E-state index in [2.05, 4.69) is 4.98 Å². The minimum absolute atomic E-state index is 0.0411. The normalized spacial score (nSPS) is 20.8. The summed E-state index contributed by atoms with van der Waals surface area (Å²) in [6.45, 7) is 0.994. The summed E-state index contributed by atoms with van der Waals surface area (Å²) in [4.78, 5) is 18.2. The number of likely N-dealkylation sites (tertiary alicyclic amines) is 1. The van der Waals surface area contributed by atoms with Crippen LogP contribution < -0.4 is 0 Å². The lowest BCUT2D eigenvalue weighted by Crippen LogP contribution is -2.46. The molecule has 0 spiro atoms. The van der Waals surface area contributed by atoms with E-state index in [4.69, 9.17) is 39.5 Å². The van der Waals surface area contributed by atoms with E-state index in [0.29, 0.717) is 45.3 Å². The number of piperidine rings is 1. The second-order valence-corrected chi connectivity index (χ2v) is 11.9. The highest BCUT2D eigenvalue weighted by Gasteiger charge is 2.39. The van der Waals surface area contributed by atoms with Gasteiger partial charge in [0.25, 0.3) is 0 Å². The third-order valence-electron chi connectivity index (χ3n) is 6.53. The number of carbonyl (C=O) groups is 1. The van der Waals surface area contributed by atoms with Crippen LogP contribution in [0.5, 0.6) is 0 Å². The van der Waals surface area contributed by atoms with Gasteiger partial charge in [0.2, 0.25) is 15.9 Å². The van der Waals surface area contributed by atoms with Gasteiger partial charge in [0, 0.05) is 48.7 Å². The Bertz CT molecular complexity index is 1150. The largest absolute Gasteiger partial charge is 0.385 e. The van der Waals surface area contributed by atoms with Gasteiger partial charge in [-0.3, -0.25) is 9.78 Å². The molecule has 1 aromatic carbocycles. The summed E-state index contributed by atoms with van der Waals surface area (Å²) >= 11 is 18.2. The molecule has 0 radical (unpaired) electrons. The van der Waals surface area contributed by atoms with Crippen LogP contribution in [0.15, 0.2) is 41.6 Å². The smallest absolute Gasteiger partial charge is 0.248 e. The van der Waals surface area contributed by atoms with Crippen molar-refractivity contribution in [1.82, 2.24) is 14.2 Å². The number of hydrogen-bond acceptors (Lipinski definition) is 6. The third kappa shape index (κ3) is 5.77. The molecule has 3 heterocycles. The van der Waals surface area contributed by atoms with Gasteiger partial charge in [0.15, 0.2) is 0 Å². The topological polar surface area (TPSA) is 100 Å². The Balaban J connectivity index is 1.32. The molecule has 0 aliphatic carbocycles. The average molecular weight is 563 g/mol. The van der Waals surface area contributed by atoms with E-state index in [1.807, 2.05) is 6.07 Å². The van der Waals surface area contributed by atoms with Crippen molar-refractivity contribution in [3.63, 3.8) is 0 Å². The second-order valence-electron chi connectivity index (χ2n) is 8.78. The van der Waals surface area contributed by atoms with Gasteiger partial charge in [0.05, 0.1) is 22.3 Å². The summed E-state index contributed by atoms with van der Waals surface area (Å²) in [7, 11) is -3.97. The van der Waals surface area contributed by atoms with Gasteiger partial charge < -0.3 is 14.7 Å². The fraction of sp³-hybridized carbons (Fsp3) is 0.478. The molecule has 2 fully saturated rings. The van der Waals surface area contributed by atoms with Crippen LogP contribution in [0, 0.1) is 0 Å². The molecule has 0 bridgehead atoms. The van der Waals surface area contributed by atoms with Gasteiger partial charge in [-0.2, -0.15) is 4.31 Å². The number of carbonyl (C=O) groups excluding carboxylic acids is 1. The first kappa shape index (κ1) is 26.6. The molecule has 2 saturated heterocycles. The molecule has 1 unspecified atom stereocenters. The zero-order valence-electron chi connectivity index (χ0n) is 18.9. The van der Waals surface area contributed by atoms with Crippen LogP contribution in [-0.4, -0.2) is 72.5 Å². The standard InChI is InChI=1S/C23H26Cl3N3O5S/c24-17-11-19(25)22(20(26)12-17)35(32,33)29-8-2-4-18(29)14-34-15-21(30)28-9-5-23(31,6-10-28)16-3-1-7-27-13-16/h1,3,7,11-13,18,31H,2,4-6,8-10,14-15H2. The zero-order chi connectivity index (χ0) is 25.2. The van der Waals surface area contributed by atoms with Crippen LogP contribution in [0.1, 0.15) is 31.2 Å². The molecule has 12 heteroatoms. The number of nitrogens with zero attached hydrogens (tertiary/aromatic N) is 3. The first-order chi connectivity index (χ1) is 16.6. The molecular formula is C23H26Cl3N3O5S. The summed E-state index contributed by atoms with van der Waals surface area (Å²) < 4.78 is 33.5. The molecule has 4 rings (SSSR count). The first-order valence-electron chi connectivity index (χ1n) is 11.3. The highest BCUT2D eigenvalue weighted by Crippen LogP contribution is 2.37. The molecule has 1 aromatic heterocycles. The molecule has 1 N–H and O–H groups in total. The van der Waals surface area contributed by atoms with Gasteiger partial charge in [-0.1, -0.05) is 40.9 Å². The van der Waals surface area contributed by atoms with Crippen molar-refractivity contribution in [2.24, 2.45) is 0 Å². The number of halogens is 3. The number of ether oxygens (including phenoxy) is 1. The van der Waals surface area contributed by atoms with Crippen LogP contribution >= 0.6 is 34.8 Å². The number of aliphatic hydroxyl groups is 1. The van der Waals surface area contributed by atoms with E-state index in [-0.39, 0.29) is 39.1 Å². The van der Waals surface area contributed by atoms with Crippen LogP contribution in [-0.2, 0) is 25.2 Å². The molecule has 1 atom stereocenters. The Morgan fingerprint density at radius 2 is 1.86 bits per heavy atom. The minimum Gasteiger partial charge on any atom is -0.385 e. The first-order valence-corrected chi connectivity index (χ1v) is 13.8. The number of amides is 1. The van der Waals surface area contributed by atoms with Crippen LogP contribution in [0.3, 0.4) is 0 Å². The Hall–Kier alpha value is -1.46. The van der Waals surface area contributed by atoms with Gasteiger partial charge in [-0.05, 0) is 43.9 Å². The molecule has 0 saturated carbocycles. The Labute approximate surface area is 219 Å². The number of pyridine rings is 1. The maximum atomic E-state index is 13.3. The summed E-state index contributed by atoms with van der Waals surface area (Å²) in [6, 6.07) is 5.86. The Morgan fingerprint density at radius 3 is 2.49 bits per heavy atom. The van der Waals surface area contributed by atoms with Gasteiger partial charge in [-0.15, -0.1) is 0 Å². The maximum Gasteiger partial charge on any atom is 0.248 e. The lowest BCUT2D eigenvalue weighted by atomic mass is 9.85. The van der Waals surface area contributed by atoms with Gasteiger partial charge in [0.1, 0.15) is 11.5 Å². The molecule has 2 aliphatic rings. The van der Waals surface area contributed by atoms with E-state index < -0.39 is 21.7 Å². The van der Waals surface area contributed by atoms with Crippen molar-refractivity contribution >= 4 is 50.7 Å². The number of hydrogen-bond donors (Lipinski definition) is 1. The van der Waals surface area contributed by atoms with Crippen molar-refractivity contribution in [1.29, 1.82) is 0 Å². The number of rotatable bonds is 7. The van der Waals surface area contributed by atoms with Crippen molar-refractivity contribution in [3.05, 3.63) is 57.3 Å². The number of benzene rings is 1. The highest BCUT2D eigenvalue weighted by molar-refractivity contribution is 7.89. The number of sulfonamides is 1. The van der Waals surface area contributed by atoms with Crippen LogP contribution in [0.4, 0.5) is 0 Å². The molecule has 2 aliphatic heterocycles. The molecule has 1 amide bonds. The Morgan fingerprint density at radius 1 is 1.17 bits per heavy atom. The van der Waals surface area contributed by atoms with Crippen LogP contribution in [0.2, 0.25) is 15.1 Å². The molecular weight excluding hydrogens is 537 g/mol. The quantitative estimate of drug-likeness (QED) is 0.552. The summed E-state index contributed by atoms with van der Waals surface area (Å²) in [5, 5.41) is 11.1. The number of aromatic nitrogens is 1. The van der Waals surface area contributed by atoms with Crippen LogP contribution in [0.25, 0.3) is 0 Å². The monoisotopic (exact) mass is 561 g/mol. The molecule has 35 heavy (non-hydrogen) atoms. The lowest BCUT2D eigenvalue weighted by molar-refractivity contribution is -0.141. The fourth-order valence-electron chi connectivity index (χ4n) is 4.61. The van der Waals surface area contributed by atoms with Crippen molar-refractivity contribution in [2.75, 3.05) is 32.8 Å². The van der Waals surface area contributed by atoms with E-state index in [1.165, 1.54) is 16.4 Å². The maximum absolute atomic E-state index is 13.3. The van der Waals surface area contributed by atoms with Gasteiger partial charge >= 0.3 is 0 Å². The third-order valence-corrected chi connectivity index (χ3v) is 9.62. The molecule has 2 aromatic rings. The predicted octanol–water partition coefficient (Wildman–Crippen LogP) is 3.72.